The summed E-state index contributed by atoms with van der Waals surface area (Å²) in [5, 5.41) is 2.51. The molecule has 2 N–H and O–H groups in total. The van der Waals surface area contributed by atoms with Gasteiger partial charge in [-0.3, -0.25) is 5.32 Å². The highest BCUT2D eigenvalue weighted by atomic mass is 16.5. The zero-order valence-corrected chi connectivity index (χ0v) is 12.6. The van der Waals surface area contributed by atoms with Crippen molar-refractivity contribution in [3.8, 4) is 0 Å². The number of fused-ring (bicyclic) bond motifs is 1. The van der Waals surface area contributed by atoms with E-state index in [1.807, 2.05) is 13.8 Å². The average molecular weight is 305 g/mol. The highest BCUT2D eigenvalue weighted by Gasteiger charge is 2.11. The summed E-state index contributed by atoms with van der Waals surface area (Å²) in [4.78, 5) is 30.4. The summed E-state index contributed by atoms with van der Waals surface area (Å²) in [5.74, 6) is -0.106. The van der Waals surface area contributed by atoms with Crippen molar-refractivity contribution < 1.29 is 19.1 Å². The molecule has 1 heterocycles. The van der Waals surface area contributed by atoms with Gasteiger partial charge in [-0.25, -0.2) is 14.6 Å². The predicted molar refractivity (Wildman–Crippen MR) is 81.9 cm³/mol. The molecule has 0 radical (unpaired) electrons. The van der Waals surface area contributed by atoms with Gasteiger partial charge in [0.05, 0.1) is 29.8 Å². The van der Waals surface area contributed by atoms with Gasteiger partial charge in [0, 0.05) is 0 Å². The van der Waals surface area contributed by atoms with Crippen LogP contribution in [0.25, 0.3) is 11.0 Å². The number of anilines is 1. The van der Waals surface area contributed by atoms with E-state index in [4.69, 9.17) is 9.47 Å². The Morgan fingerprint density at radius 1 is 1.18 bits per heavy atom. The van der Waals surface area contributed by atoms with Crippen molar-refractivity contribution in [1.29, 1.82) is 0 Å². The first-order chi connectivity index (χ1) is 10.6. The highest BCUT2D eigenvalue weighted by molar-refractivity contribution is 5.94. The molecule has 118 valence electrons. The van der Waals surface area contributed by atoms with Gasteiger partial charge in [-0.15, -0.1) is 0 Å². The Kier molecular flexibility index (Phi) is 5.35. The van der Waals surface area contributed by atoms with Crippen molar-refractivity contribution in [3.63, 3.8) is 0 Å². The molecule has 0 fully saturated rings. The minimum atomic E-state index is -0.566. The van der Waals surface area contributed by atoms with Gasteiger partial charge in [-0.05, 0) is 31.0 Å². The Hall–Kier alpha value is -2.57. The molecule has 0 saturated heterocycles. The summed E-state index contributed by atoms with van der Waals surface area (Å²) in [6, 6.07) is 4.97. The van der Waals surface area contributed by atoms with Gasteiger partial charge in [0.15, 0.2) is 0 Å². The van der Waals surface area contributed by atoms with Gasteiger partial charge >= 0.3 is 12.1 Å². The van der Waals surface area contributed by atoms with E-state index < -0.39 is 6.09 Å². The minimum absolute atomic E-state index is 0.273. The van der Waals surface area contributed by atoms with E-state index in [-0.39, 0.29) is 11.9 Å². The van der Waals surface area contributed by atoms with Crippen molar-refractivity contribution in [2.24, 2.45) is 0 Å². The summed E-state index contributed by atoms with van der Waals surface area (Å²) in [6.45, 7) is 4.57. The third-order valence-electron chi connectivity index (χ3n) is 2.81. The number of rotatable bonds is 6. The third kappa shape index (κ3) is 3.97. The maximum absolute atomic E-state index is 11.8. The number of nitrogens with one attached hydrogen (secondary N) is 2. The first-order valence-corrected chi connectivity index (χ1v) is 7.24. The molecule has 0 saturated carbocycles. The zero-order valence-electron chi connectivity index (χ0n) is 12.6. The fourth-order valence-electron chi connectivity index (χ4n) is 1.80. The van der Waals surface area contributed by atoms with Crippen molar-refractivity contribution in [3.05, 3.63) is 23.8 Å². The topological polar surface area (TPSA) is 93.3 Å². The molecule has 0 aliphatic rings. The zero-order chi connectivity index (χ0) is 15.9. The van der Waals surface area contributed by atoms with Crippen LogP contribution < -0.4 is 5.32 Å². The van der Waals surface area contributed by atoms with E-state index in [1.165, 1.54) is 0 Å². The molecule has 7 nitrogen and oxygen atoms in total. The molecule has 22 heavy (non-hydrogen) atoms. The molecule has 1 amide bonds. The lowest BCUT2D eigenvalue weighted by molar-refractivity contribution is 0.0505. The van der Waals surface area contributed by atoms with Gasteiger partial charge in [-0.1, -0.05) is 13.8 Å². The Bertz CT molecular complexity index is 666. The van der Waals surface area contributed by atoms with Crippen molar-refractivity contribution in [2.45, 2.75) is 26.7 Å². The van der Waals surface area contributed by atoms with Crippen LogP contribution in [0, 0.1) is 0 Å². The molecule has 2 rings (SSSR count). The van der Waals surface area contributed by atoms with Gasteiger partial charge in [-0.2, -0.15) is 0 Å². The number of hydrogen-bond donors (Lipinski definition) is 2. The lowest BCUT2D eigenvalue weighted by Crippen LogP contribution is -2.14. The summed E-state index contributed by atoms with van der Waals surface area (Å²) in [5.41, 5.74) is 1.71. The van der Waals surface area contributed by atoms with Gasteiger partial charge in [0.1, 0.15) is 0 Å². The van der Waals surface area contributed by atoms with E-state index >= 15 is 0 Å². The largest absolute Gasteiger partial charge is 0.462 e. The molecule has 0 bridgehead atoms. The molecule has 0 spiro atoms. The first kappa shape index (κ1) is 15.8. The van der Waals surface area contributed by atoms with E-state index in [0.717, 1.165) is 12.8 Å². The fourth-order valence-corrected chi connectivity index (χ4v) is 1.80. The van der Waals surface area contributed by atoms with E-state index in [2.05, 4.69) is 15.3 Å². The molecule has 1 aromatic carbocycles. The molecule has 0 aliphatic carbocycles. The van der Waals surface area contributed by atoms with Gasteiger partial charge in [0.25, 0.3) is 0 Å². The number of esters is 1. The number of benzene rings is 1. The van der Waals surface area contributed by atoms with Crippen LogP contribution >= 0.6 is 0 Å². The van der Waals surface area contributed by atoms with Gasteiger partial charge < -0.3 is 14.5 Å². The summed E-state index contributed by atoms with van der Waals surface area (Å²) >= 11 is 0. The van der Waals surface area contributed by atoms with E-state index in [9.17, 15) is 9.59 Å². The number of aromatic nitrogens is 2. The molecule has 0 aliphatic heterocycles. The Labute approximate surface area is 128 Å². The normalized spacial score (nSPS) is 10.5. The number of hydrogen-bond acceptors (Lipinski definition) is 5. The molecule has 0 atom stereocenters. The molecular formula is C15H19N3O4. The van der Waals surface area contributed by atoms with Crippen molar-refractivity contribution in [1.82, 2.24) is 9.97 Å². The molecule has 0 unspecified atom stereocenters. The Morgan fingerprint density at radius 2 is 1.91 bits per heavy atom. The maximum Gasteiger partial charge on any atom is 0.413 e. The van der Waals surface area contributed by atoms with E-state index in [0.29, 0.717) is 29.8 Å². The SMILES string of the molecule is CCCOC(=O)Nc1nc2ccc(C(=O)OCCC)cc2[nH]1. The number of nitrogens with zero attached hydrogens (tertiary/aromatic N) is 1. The van der Waals surface area contributed by atoms with Crippen LogP contribution in [-0.2, 0) is 9.47 Å². The average Bonchev–Trinajstić information content (AvgIpc) is 2.91. The van der Waals surface area contributed by atoms with Crippen LogP contribution in [0.1, 0.15) is 37.0 Å². The summed E-state index contributed by atoms with van der Waals surface area (Å²) < 4.78 is 9.99. The van der Waals surface area contributed by atoms with Crippen LogP contribution in [0.4, 0.5) is 10.7 Å². The van der Waals surface area contributed by atoms with Crippen LogP contribution in [0.2, 0.25) is 0 Å². The molecule has 7 heteroatoms. The van der Waals surface area contributed by atoms with Crippen LogP contribution in [0.5, 0.6) is 0 Å². The monoisotopic (exact) mass is 305 g/mol. The summed E-state index contributed by atoms with van der Waals surface area (Å²) in [7, 11) is 0. The third-order valence-corrected chi connectivity index (χ3v) is 2.81. The standard InChI is InChI=1S/C15H19N3O4/c1-3-7-21-13(19)10-5-6-11-12(9-10)17-14(16-11)18-15(20)22-8-4-2/h5-6,9H,3-4,7-8H2,1-2H3,(H2,16,17,18,20). The second kappa shape index (κ2) is 7.44. The molecule has 2 aromatic rings. The Morgan fingerprint density at radius 3 is 2.64 bits per heavy atom. The minimum Gasteiger partial charge on any atom is -0.462 e. The quantitative estimate of drug-likeness (QED) is 0.800. The van der Waals surface area contributed by atoms with Crippen molar-refractivity contribution in [2.75, 3.05) is 18.5 Å². The molecule has 1 aromatic heterocycles. The lowest BCUT2D eigenvalue weighted by atomic mass is 10.2. The number of carbonyl (C=O) groups excluding carboxylic acids is 2. The second-order valence-electron chi connectivity index (χ2n) is 4.71. The number of imidazole rings is 1. The predicted octanol–water partition coefficient (Wildman–Crippen LogP) is 3.09. The first-order valence-electron chi connectivity index (χ1n) is 7.24. The van der Waals surface area contributed by atoms with E-state index in [1.54, 1.807) is 18.2 Å². The van der Waals surface area contributed by atoms with Crippen LogP contribution in [0.15, 0.2) is 18.2 Å². The number of H-pyrrole nitrogens is 1. The second-order valence-corrected chi connectivity index (χ2v) is 4.71. The van der Waals surface area contributed by atoms with Crippen LogP contribution in [0.3, 0.4) is 0 Å². The van der Waals surface area contributed by atoms with Crippen LogP contribution in [-0.4, -0.2) is 35.2 Å². The highest BCUT2D eigenvalue weighted by Crippen LogP contribution is 2.17. The van der Waals surface area contributed by atoms with Gasteiger partial charge in [0.2, 0.25) is 5.95 Å². The molecular weight excluding hydrogens is 286 g/mol. The number of amides is 1. The number of ether oxygens (including phenoxy) is 2. The lowest BCUT2D eigenvalue weighted by Gasteiger charge is -2.02. The smallest absolute Gasteiger partial charge is 0.413 e. The fraction of sp³-hybridized carbons (Fsp3) is 0.400. The number of aromatic amines is 1. The number of carbonyl (C=O) groups is 2. The maximum atomic E-state index is 11.8. The summed E-state index contributed by atoms with van der Waals surface area (Å²) in [6.07, 6.45) is 0.950. The van der Waals surface area contributed by atoms with Crippen molar-refractivity contribution >= 4 is 29.0 Å². The Balaban J connectivity index is 2.10.